The Balaban J connectivity index is 1.97. The zero-order valence-electron chi connectivity index (χ0n) is 9.36. The van der Waals surface area contributed by atoms with Crippen LogP contribution in [0.5, 0.6) is 0 Å². The normalized spacial score (nSPS) is 10.4. The van der Waals surface area contributed by atoms with Crippen LogP contribution in [-0.4, -0.2) is 11.2 Å². The molecule has 0 atom stereocenters. The quantitative estimate of drug-likeness (QED) is 0.836. The number of thiazole rings is 1. The lowest BCUT2D eigenvalue weighted by Crippen LogP contribution is -1.98. The van der Waals surface area contributed by atoms with Crippen molar-refractivity contribution in [2.75, 3.05) is 11.6 Å². The summed E-state index contributed by atoms with van der Waals surface area (Å²) < 4.78 is 0. The van der Waals surface area contributed by atoms with Gasteiger partial charge in [0.15, 0.2) is 0 Å². The molecule has 84 valence electrons. The molecule has 0 fully saturated rings. The molecular formula is C12H14N2S2. The van der Waals surface area contributed by atoms with E-state index in [9.17, 15) is 0 Å². The highest BCUT2D eigenvalue weighted by molar-refractivity contribution is 7.98. The molecule has 0 amide bonds. The maximum absolute atomic E-state index is 4.23. The summed E-state index contributed by atoms with van der Waals surface area (Å²) in [6.45, 7) is 2.90. The van der Waals surface area contributed by atoms with Crippen LogP contribution in [0.1, 0.15) is 10.6 Å². The number of aryl methyl sites for hydroxylation is 1. The van der Waals surface area contributed by atoms with Crippen LogP contribution >= 0.6 is 23.1 Å². The molecule has 1 heterocycles. The molecule has 0 saturated heterocycles. The topological polar surface area (TPSA) is 24.9 Å². The first-order valence-corrected chi connectivity index (χ1v) is 7.17. The highest BCUT2D eigenvalue weighted by atomic mass is 32.2. The number of nitrogens with zero attached hydrogens (tertiary/aromatic N) is 1. The van der Waals surface area contributed by atoms with Crippen molar-refractivity contribution in [3.05, 3.63) is 40.3 Å². The first-order chi connectivity index (χ1) is 7.79. The number of rotatable bonds is 4. The zero-order chi connectivity index (χ0) is 11.4. The fourth-order valence-corrected chi connectivity index (χ4v) is 2.51. The third-order valence-corrected chi connectivity index (χ3v) is 4.07. The molecule has 0 aliphatic rings. The van der Waals surface area contributed by atoms with Gasteiger partial charge in [0.25, 0.3) is 0 Å². The van der Waals surface area contributed by atoms with Crippen molar-refractivity contribution in [1.82, 2.24) is 4.98 Å². The van der Waals surface area contributed by atoms with E-state index in [0.717, 1.165) is 17.9 Å². The minimum atomic E-state index is 0.856. The summed E-state index contributed by atoms with van der Waals surface area (Å²) in [5, 5.41) is 3.40. The van der Waals surface area contributed by atoms with Crippen LogP contribution in [0.3, 0.4) is 0 Å². The van der Waals surface area contributed by atoms with Crippen molar-refractivity contribution in [3.8, 4) is 0 Å². The zero-order valence-corrected chi connectivity index (χ0v) is 11.0. The predicted molar refractivity (Wildman–Crippen MR) is 72.4 cm³/mol. The Hall–Kier alpha value is -1.00. The Morgan fingerprint density at radius 3 is 2.62 bits per heavy atom. The molecule has 0 aliphatic heterocycles. The fraction of sp³-hybridized carbons (Fsp3) is 0.250. The average Bonchev–Trinajstić information content (AvgIpc) is 2.73. The Morgan fingerprint density at radius 2 is 2.06 bits per heavy atom. The van der Waals surface area contributed by atoms with Crippen molar-refractivity contribution < 1.29 is 0 Å². The van der Waals surface area contributed by atoms with E-state index >= 15 is 0 Å². The van der Waals surface area contributed by atoms with E-state index in [-0.39, 0.29) is 0 Å². The van der Waals surface area contributed by atoms with Crippen molar-refractivity contribution in [1.29, 1.82) is 0 Å². The molecular weight excluding hydrogens is 236 g/mol. The minimum Gasteiger partial charge on any atom is -0.380 e. The maximum atomic E-state index is 4.23. The molecule has 2 nitrogen and oxygen atoms in total. The van der Waals surface area contributed by atoms with Crippen LogP contribution in [0.25, 0.3) is 0 Å². The van der Waals surface area contributed by atoms with E-state index in [1.807, 2.05) is 12.4 Å². The second kappa shape index (κ2) is 5.37. The lowest BCUT2D eigenvalue weighted by Gasteiger charge is -2.05. The monoisotopic (exact) mass is 250 g/mol. The van der Waals surface area contributed by atoms with E-state index in [4.69, 9.17) is 0 Å². The summed E-state index contributed by atoms with van der Waals surface area (Å²) >= 11 is 3.46. The number of thioether (sulfide) groups is 1. The highest BCUT2D eigenvalue weighted by Gasteiger charge is 2.00. The van der Waals surface area contributed by atoms with Gasteiger partial charge in [0.1, 0.15) is 0 Å². The van der Waals surface area contributed by atoms with E-state index in [0.29, 0.717) is 0 Å². The van der Waals surface area contributed by atoms with Gasteiger partial charge in [-0.2, -0.15) is 0 Å². The van der Waals surface area contributed by atoms with Crippen LogP contribution in [0.15, 0.2) is 34.7 Å². The predicted octanol–water partition coefficient (Wildman–Crippen LogP) is 3.79. The van der Waals surface area contributed by atoms with Gasteiger partial charge in [-0.3, -0.25) is 0 Å². The van der Waals surface area contributed by atoms with Gasteiger partial charge in [-0.1, -0.05) is 0 Å². The molecule has 1 aromatic heterocycles. The summed E-state index contributed by atoms with van der Waals surface area (Å²) in [7, 11) is 0. The molecule has 1 aromatic carbocycles. The number of hydrogen-bond acceptors (Lipinski definition) is 4. The maximum Gasteiger partial charge on any atom is 0.0798 e. The van der Waals surface area contributed by atoms with Crippen molar-refractivity contribution >= 4 is 28.8 Å². The van der Waals surface area contributed by atoms with Crippen LogP contribution in [0, 0.1) is 6.92 Å². The van der Waals surface area contributed by atoms with Gasteiger partial charge in [0.05, 0.1) is 17.7 Å². The number of hydrogen-bond donors (Lipinski definition) is 1. The molecule has 16 heavy (non-hydrogen) atoms. The van der Waals surface area contributed by atoms with Gasteiger partial charge in [0.2, 0.25) is 0 Å². The summed E-state index contributed by atoms with van der Waals surface area (Å²) in [6.07, 6.45) is 2.09. The van der Waals surface area contributed by atoms with E-state index in [2.05, 4.69) is 40.8 Å². The molecule has 0 bridgehead atoms. The Morgan fingerprint density at radius 1 is 1.31 bits per heavy atom. The molecule has 0 spiro atoms. The SMILES string of the molecule is CSc1ccc(NCc2scnc2C)cc1. The lowest BCUT2D eigenvalue weighted by atomic mass is 10.3. The van der Waals surface area contributed by atoms with Crippen LogP contribution in [0.4, 0.5) is 5.69 Å². The number of nitrogens with one attached hydrogen (secondary N) is 1. The van der Waals surface area contributed by atoms with Crippen molar-refractivity contribution in [3.63, 3.8) is 0 Å². The van der Waals surface area contributed by atoms with E-state index in [1.54, 1.807) is 23.1 Å². The van der Waals surface area contributed by atoms with Crippen LogP contribution in [0.2, 0.25) is 0 Å². The van der Waals surface area contributed by atoms with Gasteiger partial charge in [-0.05, 0) is 37.4 Å². The fourth-order valence-electron chi connectivity index (χ4n) is 1.39. The van der Waals surface area contributed by atoms with Gasteiger partial charge in [-0.15, -0.1) is 23.1 Å². The smallest absolute Gasteiger partial charge is 0.0798 e. The minimum absolute atomic E-state index is 0.856. The van der Waals surface area contributed by atoms with Crippen molar-refractivity contribution in [2.24, 2.45) is 0 Å². The average molecular weight is 250 g/mol. The molecule has 0 saturated carbocycles. The number of benzene rings is 1. The number of anilines is 1. The molecule has 2 aromatic rings. The third kappa shape index (κ3) is 2.77. The molecule has 0 aliphatic carbocycles. The molecule has 4 heteroatoms. The van der Waals surface area contributed by atoms with Crippen molar-refractivity contribution in [2.45, 2.75) is 18.4 Å². The Bertz CT molecular complexity index is 448. The Labute approximate surface area is 104 Å². The molecule has 2 rings (SSSR count). The van der Waals surface area contributed by atoms with Gasteiger partial charge in [-0.25, -0.2) is 4.98 Å². The van der Waals surface area contributed by atoms with Gasteiger partial charge >= 0.3 is 0 Å². The molecule has 0 radical (unpaired) electrons. The third-order valence-electron chi connectivity index (χ3n) is 2.39. The van der Waals surface area contributed by atoms with Gasteiger partial charge < -0.3 is 5.32 Å². The van der Waals surface area contributed by atoms with Crippen LogP contribution < -0.4 is 5.32 Å². The second-order valence-electron chi connectivity index (χ2n) is 3.44. The summed E-state index contributed by atoms with van der Waals surface area (Å²) in [4.78, 5) is 6.82. The van der Waals surface area contributed by atoms with E-state index < -0.39 is 0 Å². The molecule has 0 unspecified atom stereocenters. The van der Waals surface area contributed by atoms with E-state index in [1.165, 1.54) is 9.77 Å². The second-order valence-corrected chi connectivity index (χ2v) is 5.26. The standard InChI is InChI=1S/C12H14N2S2/c1-9-12(16-8-14-9)7-13-10-3-5-11(15-2)6-4-10/h3-6,8,13H,7H2,1-2H3. The number of aromatic nitrogens is 1. The largest absolute Gasteiger partial charge is 0.380 e. The Kier molecular flexibility index (Phi) is 3.85. The van der Waals surface area contributed by atoms with Crippen LogP contribution in [-0.2, 0) is 6.54 Å². The lowest BCUT2D eigenvalue weighted by molar-refractivity contribution is 1.12. The first-order valence-electron chi connectivity index (χ1n) is 5.06. The molecule has 1 N–H and O–H groups in total. The van der Waals surface area contributed by atoms with Gasteiger partial charge in [0, 0.05) is 15.5 Å². The summed E-state index contributed by atoms with van der Waals surface area (Å²) in [5.74, 6) is 0. The highest BCUT2D eigenvalue weighted by Crippen LogP contribution is 2.19. The summed E-state index contributed by atoms with van der Waals surface area (Å²) in [5.41, 5.74) is 4.17. The summed E-state index contributed by atoms with van der Waals surface area (Å²) in [6, 6.07) is 8.49. The first kappa shape index (κ1) is 11.5.